The topological polar surface area (TPSA) is 82.5 Å². The fourth-order valence-corrected chi connectivity index (χ4v) is 3.11. The molecule has 7 heteroatoms. The van der Waals surface area contributed by atoms with E-state index in [-0.39, 0.29) is 11.8 Å². The number of anilines is 1. The Bertz CT molecular complexity index is 532. The average Bonchev–Trinajstić information content (AvgIpc) is 3.05. The molecule has 0 spiro atoms. The minimum Gasteiger partial charge on any atom is -0.386 e. The predicted molar refractivity (Wildman–Crippen MR) is 70.0 cm³/mol. The van der Waals surface area contributed by atoms with Gasteiger partial charge in [-0.25, -0.2) is 4.98 Å². The van der Waals surface area contributed by atoms with Gasteiger partial charge in [0, 0.05) is 12.3 Å². The highest BCUT2D eigenvalue weighted by molar-refractivity contribution is 7.14. The molecule has 1 aliphatic heterocycles. The van der Waals surface area contributed by atoms with Crippen LogP contribution in [0.15, 0.2) is 5.38 Å². The summed E-state index contributed by atoms with van der Waals surface area (Å²) >= 11 is 1.22. The fourth-order valence-electron chi connectivity index (χ4n) is 2.38. The number of nitrogens with one attached hydrogen (secondary N) is 1. The molecule has 2 N–H and O–H groups in total. The summed E-state index contributed by atoms with van der Waals surface area (Å²) < 4.78 is 0. The lowest BCUT2D eigenvalue weighted by Crippen LogP contribution is -2.64. The molecule has 19 heavy (non-hydrogen) atoms. The lowest BCUT2D eigenvalue weighted by atomic mass is 9.88. The summed E-state index contributed by atoms with van der Waals surface area (Å²) in [5.41, 5.74) is -0.349. The van der Waals surface area contributed by atoms with E-state index in [0.29, 0.717) is 29.8 Å². The first-order valence-corrected chi connectivity index (χ1v) is 7.11. The molecule has 2 aliphatic rings. The highest BCUT2D eigenvalue weighted by Gasteiger charge is 2.53. The van der Waals surface area contributed by atoms with Crippen molar-refractivity contribution in [2.24, 2.45) is 5.92 Å². The van der Waals surface area contributed by atoms with Crippen molar-refractivity contribution in [1.82, 2.24) is 9.88 Å². The third kappa shape index (κ3) is 2.35. The molecule has 1 saturated carbocycles. The second-order valence-electron chi connectivity index (χ2n) is 5.26. The van der Waals surface area contributed by atoms with Crippen LogP contribution in [0.25, 0.3) is 0 Å². The van der Waals surface area contributed by atoms with Gasteiger partial charge in [-0.1, -0.05) is 0 Å². The SMILES string of the molecule is CC(=O)Nc1nc(C(=O)N2CC(O)(C3CC3)C2)cs1. The molecular formula is C12H15N3O3S. The first-order valence-electron chi connectivity index (χ1n) is 6.23. The maximum absolute atomic E-state index is 12.1. The number of likely N-dealkylation sites (tertiary alicyclic amines) is 1. The minimum atomic E-state index is -0.674. The van der Waals surface area contributed by atoms with Crippen molar-refractivity contribution in [2.75, 3.05) is 18.4 Å². The number of carbonyl (C=O) groups is 2. The zero-order chi connectivity index (χ0) is 13.6. The fraction of sp³-hybridized carbons (Fsp3) is 0.583. The molecule has 3 rings (SSSR count). The predicted octanol–water partition coefficient (Wildman–Crippen LogP) is 0.698. The molecule has 0 bridgehead atoms. The molecule has 2 amide bonds. The van der Waals surface area contributed by atoms with Crippen LogP contribution < -0.4 is 5.32 Å². The highest BCUT2D eigenvalue weighted by atomic mass is 32.1. The van der Waals surface area contributed by atoms with Crippen LogP contribution in [-0.4, -0.2) is 45.5 Å². The normalized spacial score (nSPS) is 20.8. The Hall–Kier alpha value is -1.47. The van der Waals surface area contributed by atoms with Crippen molar-refractivity contribution in [2.45, 2.75) is 25.4 Å². The molecule has 6 nitrogen and oxygen atoms in total. The Kier molecular flexibility index (Phi) is 2.83. The molecule has 1 aromatic heterocycles. The van der Waals surface area contributed by atoms with Crippen LogP contribution in [0.4, 0.5) is 5.13 Å². The quantitative estimate of drug-likeness (QED) is 0.854. The van der Waals surface area contributed by atoms with Crippen molar-refractivity contribution >= 4 is 28.3 Å². The van der Waals surface area contributed by atoms with Gasteiger partial charge >= 0.3 is 0 Å². The van der Waals surface area contributed by atoms with E-state index in [1.165, 1.54) is 18.3 Å². The molecule has 1 aliphatic carbocycles. The van der Waals surface area contributed by atoms with E-state index < -0.39 is 5.60 Å². The lowest BCUT2D eigenvalue weighted by molar-refractivity contribution is -0.114. The van der Waals surface area contributed by atoms with Crippen LogP contribution in [0.5, 0.6) is 0 Å². The number of aliphatic hydroxyl groups is 1. The van der Waals surface area contributed by atoms with Crippen molar-refractivity contribution in [3.63, 3.8) is 0 Å². The molecule has 0 radical (unpaired) electrons. The molecule has 2 heterocycles. The van der Waals surface area contributed by atoms with E-state index in [2.05, 4.69) is 10.3 Å². The smallest absolute Gasteiger partial charge is 0.273 e. The Morgan fingerprint density at radius 2 is 2.21 bits per heavy atom. The van der Waals surface area contributed by atoms with Crippen LogP contribution in [0.1, 0.15) is 30.3 Å². The van der Waals surface area contributed by atoms with Gasteiger partial charge in [0.25, 0.3) is 5.91 Å². The second-order valence-corrected chi connectivity index (χ2v) is 6.12. The van der Waals surface area contributed by atoms with Crippen molar-refractivity contribution in [3.8, 4) is 0 Å². The van der Waals surface area contributed by atoms with Gasteiger partial charge < -0.3 is 15.3 Å². The lowest BCUT2D eigenvalue weighted by Gasteiger charge is -2.46. The van der Waals surface area contributed by atoms with Crippen LogP contribution in [0.3, 0.4) is 0 Å². The first-order chi connectivity index (χ1) is 8.98. The van der Waals surface area contributed by atoms with Gasteiger partial charge in [-0.15, -0.1) is 11.3 Å². The average molecular weight is 281 g/mol. The summed E-state index contributed by atoms with van der Waals surface area (Å²) in [7, 11) is 0. The van der Waals surface area contributed by atoms with Gasteiger partial charge in [-0.3, -0.25) is 9.59 Å². The Morgan fingerprint density at radius 3 is 2.79 bits per heavy atom. The van der Waals surface area contributed by atoms with Gasteiger partial charge in [0.2, 0.25) is 5.91 Å². The molecule has 1 aromatic rings. The molecule has 0 aromatic carbocycles. The van der Waals surface area contributed by atoms with Gasteiger partial charge in [-0.2, -0.15) is 0 Å². The summed E-state index contributed by atoms with van der Waals surface area (Å²) in [6, 6.07) is 0. The maximum atomic E-state index is 12.1. The third-order valence-electron chi connectivity index (χ3n) is 3.56. The number of hydrogen-bond acceptors (Lipinski definition) is 5. The van der Waals surface area contributed by atoms with Gasteiger partial charge in [-0.05, 0) is 18.8 Å². The van der Waals surface area contributed by atoms with Crippen LogP contribution in [0, 0.1) is 5.92 Å². The van der Waals surface area contributed by atoms with E-state index in [4.69, 9.17) is 0 Å². The van der Waals surface area contributed by atoms with Crippen LogP contribution in [0.2, 0.25) is 0 Å². The second kappa shape index (κ2) is 4.28. The van der Waals surface area contributed by atoms with Crippen molar-refractivity contribution in [3.05, 3.63) is 11.1 Å². The highest BCUT2D eigenvalue weighted by Crippen LogP contribution is 2.44. The number of amides is 2. The van der Waals surface area contributed by atoms with Gasteiger partial charge in [0.15, 0.2) is 5.13 Å². The maximum Gasteiger partial charge on any atom is 0.273 e. The van der Waals surface area contributed by atoms with E-state index in [0.717, 1.165) is 12.8 Å². The van der Waals surface area contributed by atoms with E-state index >= 15 is 0 Å². The number of thiazole rings is 1. The van der Waals surface area contributed by atoms with E-state index in [1.807, 2.05) is 0 Å². The van der Waals surface area contributed by atoms with Gasteiger partial charge in [0.1, 0.15) is 11.3 Å². The zero-order valence-corrected chi connectivity index (χ0v) is 11.4. The molecule has 2 fully saturated rings. The van der Waals surface area contributed by atoms with Crippen LogP contribution in [-0.2, 0) is 4.79 Å². The number of β-amino-alcohol motifs (C(OH)–C–C–N with tert-alkyl or cyclic N) is 1. The summed E-state index contributed by atoms with van der Waals surface area (Å²) in [5.74, 6) is -0.0273. The molecule has 0 unspecified atom stereocenters. The molecular weight excluding hydrogens is 266 g/mol. The largest absolute Gasteiger partial charge is 0.386 e. The molecule has 102 valence electrons. The monoisotopic (exact) mass is 281 g/mol. The first kappa shape index (κ1) is 12.6. The Labute approximate surface area is 114 Å². The summed E-state index contributed by atoms with van der Waals surface area (Å²) in [4.78, 5) is 28.7. The van der Waals surface area contributed by atoms with E-state index in [9.17, 15) is 14.7 Å². The number of carbonyl (C=O) groups excluding carboxylic acids is 2. The summed E-state index contributed by atoms with van der Waals surface area (Å²) in [5, 5.41) is 14.8. The standard InChI is InChI=1S/C12H15N3O3S/c1-7(16)13-11-14-9(4-19-11)10(17)15-5-12(18,6-15)8-2-3-8/h4,8,18H,2-3,5-6H2,1H3,(H,13,14,16). The molecule has 1 saturated heterocycles. The van der Waals surface area contributed by atoms with Crippen molar-refractivity contribution in [1.29, 1.82) is 0 Å². The minimum absolute atomic E-state index is 0.182. The van der Waals surface area contributed by atoms with Gasteiger partial charge in [0.05, 0.1) is 13.1 Å². The number of aromatic nitrogens is 1. The van der Waals surface area contributed by atoms with Crippen molar-refractivity contribution < 1.29 is 14.7 Å². The Balaban J connectivity index is 1.62. The number of nitrogens with zero attached hydrogens (tertiary/aromatic N) is 2. The summed E-state index contributed by atoms with van der Waals surface area (Å²) in [6.45, 7) is 2.18. The molecule has 0 atom stereocenters. The van der Waals surface area contributed by atoms with E-state index in [1.54, 1.807) is 10.3 Å². The number of rotatable bonds is 3. The number of hydrogen-bond donors (Lipinski definition) is 2. The Morgan fingerprint density at radius 1 is 1.53 bits per heavy atom. The van der Waals surface area contributed by atoms with Crippen LogP contribution >= 0.6 is 11.3 Å². The summed E-state index contributed by atoms with van der Waals surface area (Å²) in [6.07, 6.45) is 2.11. The third-order valence-corrected chi connectivity index (χ3v) is 4.32. The zero-order valence-electron chi connectivity index (χ0n) is 10.5.